The normalized spacial score (nSPS) is 19.4. The predicted octanol–water partition coefficient (Wildman–Crippen LogP) is 2.55. The summed E-state index contributed by atoms with van der Waals surface area (Å²) in [6.07, 6.45) is 4.00. The Balaban J connectivity index is 1.46. The molecule has 0 aliphatic carbocycles. The van der Waals surface area contributed by atoms with Gasteiger partial charge >= 0.3 is 0 Å². The first kappa shape index (κ1) is 19.8. The Morgan fingerprint density at radius 2 is 1.43 bits per heavy atom. The second kappa shape index (κ2) is 7.25. The summed E-state index contributed by atoms with van der Waals surface area (Å²) in [7, 11) is -7.27. The molecule has 0 aromatic heterocycles. The van der Waals surface area contributed by atoms with Crippen LogP contribution in [0.3, 0.4) is 0 Å². The number of hydrogen-bond acceptors (Lipinski definition) is 5. The van der Waals surface area contributed by atoms with Gasteiger partial charge in [0.1, 0.15) is 5.75 Å². The lowest BCUT2D eigenvalue weighted by molar-refractivity contribution is 0.346. The van der Waals surface area contributed by atoms with Gasteiger partial charge in [0, 0.05) is 26.1 Å². The third kappa shape index (κ3) is 3.19. The quantitative estimate of drug-likeness (QED) is 0.718. The third-order valence-electron chi connectivity index (χ3n) is 6.11. The molecule has 160 valence electrons. The van der Waals surface area contributed by atoms with Crippen LogP contribution in [0.15, 0.2) is 46.2 Å². The number of sulfonamides is 2. The van der Waals surface area contributed by atoms with Crippen molar-refractivity contribution in [1.82, 2.24) is 4.31 Å². The maximum atomic E-state index is 13.3. The Labute approximate surface area is 177 Å². The smallest absolute Gasteiger partial charge is 0.264 e. The van der Waals surface area contributed by atoms with Crippen LogP contribution in [0.4, 0.5) is 5.69 Å². The molecule has 3 aliphatic rings. The van der Waals surface area contributed by atoms with E-state index in [-0.39, 0.29) is 9.79 Å². The van der Waals surface area contributed by atoms with Crippen LogP contribution < -0.4 is 9.04 Å². The standard InChI is InChI=1S/C21H24N2O5S2/c24-29(25,22-10-2-1-3-11-22)18-4-6-20-16(14-18)8-12-23(20)30(26,27)19-5-7-21-17(15-19)9-13-28-21/h4-7,14-15H,1-3,8-13H2. The van der Waals surface area contributed by atoms with Crippen LogP contribution in [0.2, 0.25) is 0 Å². The van der Waals surface area contributed by atoms with Gasteiger partial charge in [-0.2, -0.15) is 4.31 Å². The molecule has 5 rings (SSSR count). The molecule has 3 heterocycles. The van der Waals surface area contributed by atoms with Gasteiger partial charge in [-0.25, -0.2) is 16.8 Å². The Kier molecular flexibility index (Phi) is 4.79. The molecule has 2 aromatic rings. The zero-order valence-corrected chi connectivity index (χ0v) is 18.2. The molecule has 0 saturated carbocycles. The molecule has 0 N–H and O–H groups in total. The zero-order chi connectivity index (χ0) is 20.9. The monoisotopic (exact) mass is 448 g/mol. The number of nitrogens with zero attached hydrogens (tertiary/aromatic N) is 2. The lowest BCUT2D eigenvalue weighted by atomic mass is 10.2. The topological polar surface area (TPSA) is 84.0 Å². The van der Waals surface area contributed by atoms with E-state index in [0.29, 0.717) is 44.8 Å². The van der Waals surface area contributed by atoms with Gasteiger partial charge in [0.15, 0.2) is 0 Å². The van der Waals surface area contributed by atoms with E-state index in [1.54, 1.807) is 30.3 Å². The molecule has 30 heavy (non-hydrogen) atoms. The van der Waals surface area contributed by atoms with E-state index in [4.69, 9.17) is 4.74 Å². The van der Waals surface area contributed by atoms with Crippen molar-refractivity contribution in [2.45, 2.75) is 41.9 Å². The van der Waals surface area contributed by atoms with Crippen molar-refractivity contribution in [2.24, 2.45) is 0 Å². The number of fused-ring (bicyclic) bond motifs is 2. The number of ether oxygens (including phenoxy) is 1. The molecule has 1 saturated heterocycles. The van der Waals surface area contributed by atoms with Gasteiger partial charge in [0.2, 0.25) is 10.0 Å². The van der Waals surface area contributed by atoms with Crippen molar-refractivity contribution in [1.29, 1.82) is 0 Å². The zero-order valence-electron chi connectivity index (χ0n) is 16.6. The summed E-state index contributed by atoms with van der Waals surface area (Å²) < 4.78 is 60.9. The Morgan fingerprint density at radius 1 is 0.733 bits per heavy atom. The van der Waals surface area contributed by atoms with Gasteiger partial charge in [0.05, 0.1) is 22.1 Å². The molecule has 7 nitrogen and oxygen atoms in total. The third-order valence-corrected chi connectivity index (χ3v) is 9.81. The minimum absolute atomic E-state index is 0.240. The van der Waals surface area contributed by atoms with Gasteiger partial charge in [-0.1, -0.05) is 6.42 Å². The number of rotatable bonds is 4. The van der Waals surface area contributed by atoms with Crippen LogP contribution in [0.1, 0.15) is 30.4 Å². The van der Waals surface area contributed by atoms with Crippen molar-refractivity contribution in [2.75, 3.05) is 30.5 Å². The predicted molar refractivity (Wildman–Crippen MR) is 113 cm³/mol. The lowest BCUT2D eigenvalue weighted by Gasteiger charge is -2.26. The largest absolute Gasteiger partial charge is 0.493 e. The molecule has 0 radical (unpaired) electrons. The Hall–Kier alpha value is -2.10. The summed E-state index contributed by atoms with van der Waals surface area (Å²) in [4.78, 5) is 0.488. The van der Waals surface area contributed by atoms with E-state index < -0.39 is 20.0 Å². The second-order valence-electron chi connectivity index (χ2n) is 7.95. The van der Waals surface area contributed by atoms with Gasteiger partial charge in [-0.15, -0.1) is 0 Å². The van der Waals surface area contributed by atoms with Gasteiger partial charge in [-0.3, -0.25) is 4.31 Å². The minimum Gasteiger partial charge on any atom is -0.493 e. The summed E-state index contributed by atoms with van der Waals surface area (Å²) in [5.74, 6) is 0.739. The first-order chi connectivity index (χ1) is 14.4. The SMILES string of the molecule is O=S(=O)(c1ccc2c(c1)CCN2S(=O)(=O)c1ccc2c(c1)CCO2)N1CCCCC1. The maximum absolute atomic E-state index is 13.3. The Bertz CT molecular complexity index is 1200. The Morgan fingerprint density at radius 3 is 2.23 bits per heavy atom. The van der Waals surface area contributed by atoms with Crippen LogP contribution in [-0.2, 0) is 32.9 Å². The number of benzene rings is 2. The van der Waals surface area contributed by atoms with E-state index in [1.807, 2.05) is 0 Å². The van der Waals surface area contributed by atoms with Crippen LogP contribution >= 0.6 is 0 Å². The molecule has 0 bridgehead atoms. The average molecular weight is 449 g/mol. The van der Waals surface area contributed by atoms with Gasteiger partial charge in [0.25, 0.3) is 10.0 Å². The van der Waals surface area contributed by atoms with Crippen molar-refractivity contribution in [3.63, 3.8) is 0 Å². The molecular weight excluding hydrogens is 424 g/mol. The fourth-order valence-electron chi connectivity index (χ4n) is 4.46. The summed E-state index contributed by atoms with van der Waals surface area (Å²) >= 11 is 0. The van der Waals surface area contributed by atoms with Crippen LogP contribution in [-0.4, -0.2) is 47.4 Å². The van der Waals surface area contributed by atoms with Crippen LogP contribution in [0, 0.1) is 0 Å². The molecule has 1 fully saturated rings. The first-order valence-corrected chi connectivity index (χ1v) is 13.2. The minimum atomic E-state index is -3.72. The molecule has 3 aliphatic heterocycles. The molecule has 0 spiro atoms. The molecule has 0 unspecified atom stereocenters. The van der Waals surface area contributed by atoms with Crippen molar-refractivity contribution in [3.8, 4) is 5.75 Å². The highest BCUT2D eigenvalue weighted by atomic mass is 32.2. The molecule has 0 amide bonds. The summed E-state index contributed by atoms with van der Waals surface area (Å²) in [5, 5.41) is 0. The van der Waals surface area contributed by atoms with Crippen molar-refractivity contribution < 1.29 is 21.6 Å². The highest BCUT2D eigenvalue weighted by molar-refractivity contribution is 7.92. The van der Waals surface area contributed by atoms with Gasteiger partial charge < -0.3 is 4.74 Å². The number of piperidine rings is 1. The van der Waals surface area contributed by atoms with E-state index >= 15 is 0 Å². The molecule has 0 atom stereocenters. The molecule has 2 aromatic carbocycles. The van der Waals surface area contributed by atoms with E-state index in [1.165, 1.54) is 14.7 Å². The van der Waals surface area contributed by atoms with E-state index in [0.717, 1.165) is 36.1 Å². The van der Waals surface area contributed by atoms with Crippen LogP contribution in [0.5, 0.6) is 5.75 Å². The number of hydrogen-bond donors (Lipinski definition) is 0. The average Bonchev–Trinajstić information content (AvgIpc) is 3.40. The van der Waals surface area contributed by atoms with E-state index in [2.05, 4.69) is 0 Å². The summed E-state index contributed by atoms with van der Waals surface area (Å²) in [5.41, 5.74) is 2.21. The fourth-order valence-corrected chi connectivity index (χ4v) is 7.59. The maximum Gasteiger partial charge on any atom is 0.264 e. The first-order valence-electron chi connectivity index (χ1n) is 10.3. The second-order valence-corrected chi connectivity index (χ2v) is 11.8. The highest BCUT2D eigenvalue weighted by Gasteiger charge is 2.34. The van der Waals surface area contributed by atoms with E-state index in [9.17, 15) is 16.8 Å². The molecule has 9 heteroatoms. The van der Waals surface area contributed by atoms with Crippen LogP contribution in [0.25, 0.3) is 0 Å². The fraction of sp³-hybridized carbons (Fsp3) is 0.429. The van der Waals surface area contributed by atoms with Crippen molar-refractivity contribution >= 4 is 25.7 Å². The lowest BCUT2D eigenvalue weighted by Crippen LogP contribution is -2.35. The summed E-state index contributed by atoms with van der Waals surface area (Å²) in [6.45, 7) is 1.96. The highest BCUT2D eigenvalue weighted by Crippen LogP contribution is 2.36. The van der Waals surface area contributed by atoms with Gasteiger partial charge in [-0.05, 0) is 66.8 Å². The van der Waals surface area contributed by atoms with Crippen molar-refractivity contribution in [3.05, 3.63) is 47.5 Å². The summed E-state index contributed by atoms with van der Waals surface area (Å²) in [6, 6.07) is 9.78. The molecular formula is C21H24N2O5S2. The number of anilines is 1.